The topological polar surface area (TPSA) is 125 Å². The van der Waals surface area contributed by atoms with E-state index < -0.39 is 30.0 Å². The lowest BCUT2D eigenvalue weighted by Gasteiger charge is -2.27. The van der Waals surface area contributed by atoms with Crippen molar-refractivity contribution in [2.45, 2.75) is 31.2 Å². The van der Waals surface area contributed by atoms with Gasteiger partial charge >= 0.3 is 18.1 Å². The van der Waals surface area contributed by atoms with Gasteiger partial charge in [0, 0.05) is 13.1 Å². The summed E-state index contributed by atoms with van der Waals surface area (Å²) in [6.45, 7) is 0.842. The molecule has 1 heterocycles. The first-order valence-corrected chi connectivity index (χ1v) is 12.1. The number of fused-ring (bicyclic) bond motifs is 1. The van der Waals surface area contributed by atoms with Gasteiger partial charge in [-0.3, -0.25) is 0 Å². The maximum atomic E-state index is 13.6. The standard InChI is InChI=1S/C26H26FNO5.C2HF3O2/c27-23-7-3-4-8-25(23)32-16-19(29)14-28-15-20-11-9-18-13-17(10-12-24(18)33-20)21-5-1-2-6-22(21)26(30)31;3-2(4,5)1(6)7/h1-8,10,12-13,19-20,28-29H,9,11,14-16H2,(H,30,31);(H,6,7)/t19-,20+;/m0./s1. The van der Waals surface area contributed by atoms with Gasteiger partial charge in [0.05, 0.1) is 5.56 Å². The summed E-state index contributed by atoms with van der Waals surface area (Å²) in [5.74, 6) is -3.26. The van der Waals surface area contributed by atoms with E-state index in [1.165, 1.54) is 12.1 Å². The predicted octanol–water partition coefficient (Wildman–Crippen LogP) is 4.55. The van der Waals surface area contributed by atoms with Gasteiger partial charge in [0.15, 0.2) is 11.6 Å². The number of hydrogen-bond acceptors (Lipinski definition) is 6. The van der Waals surface area contributed by atoms with Gasteiger partial charge in [-0.15, -0.1) is 0 Å². The molecule has 0 radical (unpaired) electrons. The third kappa shape index (κ3) is 8.68. The third-order valence-electron chi connectivity index (χ3n) is 5.82. The summed E-state index contributed by atoms with van der Waals surface area (Å²) >= 11 is 0. The number of hydrogen-bond donors (Lipinski definition) is 4. The first kappa shape index (κ1) is 30.4. The van der Waals surface area contributed by atoms with Crippen LogP contribution in [0.25, 0.3) is 11.1 Å². The monoisotopic (exact) mass is 565 g/mol. The predicted molar refractivity (Wildman–Crippen MR) is 136 cm³/mol. The van der Waals surface area contributed by atoms with E-state index in [0.29, 0.717) is 18.7 Å². The maximum Gasteiger partial charge on any atom is 0.490 e. The molecule has 1 aliphatic rings. The van der Waals surface area contributed by atoms with Gasteiger partial charge in [-0.25, -0.2) is 14.0 Å². The molecule has 214 valence electrons. The molecule has 1 aliphatic heterocycles. The molecule has 0 fully saturated rings. The molecule has 4 N–H and O–H groups in total. The second kappa shape index (κ2) is 13.8. The molecule has 0 saturated heterocycles. The quantitative estimate of drug-likeness (QED) is 0.279. The first-order valence-electron chi connectivity index (χ1n) is 12.1. The molecule has 3 aromatic carbocycles. The number of halogens is 4. The van der Waals surface area contributed by atoms with Crippen molar-refractivity contribution in [3.8, 4) is 22.6 Å². The van der Waals surface area contributed by atoms with Crippen molar-refractivity contribution in [1.29, 1.82) is 0 Å². The van der Waals surface area contributed by atoms with E-state index >= 15 is 0 Å². The van der Waals surface area contributed by atoms with Crippen molar-refractivity contribution in [2.75, 3.05) is 19.7 Å². The largest absolute Gasteiger partial charge is 0.490 e. The Morgan fingerprint density at radius 2 is 1.73 bits per heavy atom. The Labute approximate surface area is 226 Å². The van der Waals surface area contributed by atoms with Crippen LogP contribution in [-0.4, -0.2) is 65.3 Å². The highest BCUT2D eigenvalue weighted by molar-refractivity contribution is 5.96. The van der Waals surface area contributed by atoms with Gasteiger partial charge in [0.25, 0.3) is 0 Å². The highest BCUT2D eigenvalue weighted by Crippen LogP contribution is 2.33. The van der Waals surface area contributed by atoms with Crippen LogP contribution in [0.4, 0.5) is 17.6 Å². The first-order chi connectivity index (χ1) is 19.0. The number of rotatable bonds is 9. The molecule has 40 heavy (non-hydrogen) atoms. The van der Waals surface area contributed by atoms with Crippen LogP contribution in [0.1, 0.15) is 22.3 Å². The molecule has 0 spiro atoms. The number of carboxylic acid groups (broad SMARTS) is 2. The van der Waals surface area contributed by atoms with Crippen LogP contribution in [-0.2, 0) is 11.2 Å². The molecule has 8 nitrogen and oxygen atoms in total. The maximum absolute atomic E-state index is 13.6. The van der Waals surface area contributed by atoms with Gasteiger partial charge in [0.2, 0.25) is 0 Å². The van der Waals surface area contributed by atoms with Gasteiger partial charge in [-0.05, 0) is 59.9 Å². The van der Waals surface area contributed by atoms with Gasteiger partial charge in [-0.2, -0.15) is 13.2 Å². The minimum Gasteiger partial charge on any atom is -0.489 e. The summed E-state index contributed by atoms with van der Waals surface area (Å²) in [5.41, 5.74) is 2.85. The number of nitrogens with one attached hydrogen (secondary N) is 1. The van der Waals surface area contributed by atoms with Crippen LogP contribution in [0.2, 0.25) is 0 Å². The highest BCUT2D eigenvalue weighted by atomic mass is 19.4. The van der Waals surface area contributed by atoms with Crippen LogP contribution >= 0.6 is 0 Å². The van der Waals surface area contributed by atoms with Crippen molar-refractivity contribution in [3.05, 3.63) is 83.7 Å². The zero-order chi connectivity index (χ0) is 29.3. The molecule has 0 bridgehead atoms. The Kier molecular flexibility index (Phi) is 10.5. The minimum atomic E-state index is -5.08. The number of para-hydroxylation sites is 1. The molecule has 12 heteroatoms. The Hall–Kier alpha value is -4.16. The molecule has 0 amide bonds. The molecule has 4 rings (SSSR count). The normalized spacial score (nSPS) is 15.1. The lowest BCUT2D eigenvalue weighted by Crippen LogP contribution is -2.39. The lowest BCUT2D eigenvalue weighted by atomic mass is 9.94. The Morgan fingerprint density at radius 1 is 1.05 bits per heavy atom. The fourth-order valence-corrected chi connectivity index (χ4v) is 3.89. The SMILES string of the molecule is O=C(O)C(F)(F)F.O=C(O)c1ccccc1-c1ccc2c(c1)CC[C@H](CNC[C@H](O)COc1ccccc1F)O2. The van der Waals surface area contributed by atoms with Crippen molar-refractivity contribution in [3.63, 3.8) is 0 Å². The Balaban J connectivity index is 0.000000559. The average Bonchev–Trinajstić information content (AvgIpc) is 2.92. The number of benzene rings is 3. The van der Waals surface area contributed by atoms with E-state index in [1.807, 2.05) is 30.3 Å². The van der Waals surface area contributed by atoms with Crippen LogP contribution in [0.5, 0.6) is 11.5 Å². The number of aliphatic carboxylic acids is 1. The van der Waals surface area contributed by atoms with Crippen LogP contribution < -0.4 is 14.8 Å². The summed E-state index contributed by atoms with van der Waals surface area (Å²) in [7, 11) is 0. The third-order valence-corrected chi connectivity index (χ3v) is 5.82. The second-order valence-corrected chi connectivity index (χ2v) is 8.81. The van der Waals surface area contributed by atoms with Crippen molar-refractivity contribution >= 4 is 11.9 Å². The van der Waals surface area contributed by atoms with Gasteiger partial charge in [-0.1, -0.05) is 36.4 Å². The fraction of sp³-hybridized carbons (Fsp3) is 0.286. The zero-order valence-electron chi connectivity index (χ0n) is 21.0. The smallest absolute Gasteiger partial charge is 0.489 e. The fourth-order valence-electron chi connectivity index (χ4n) is 3.89. The Morgan fingerprint density at radius 3 is 2.40 bits per heavy atom. The summed E-state index contributed by atoms with van der Waals surface area (Å²) in [4.78, 5) is 20.4. The number of aliphatic hydroxyl groups excluding tert-OH is 1. The molecule has 0 saturated carbocycles. The molecule has 0 aromatic heterocycles. The molecular weight excluding hydrogens is 538 g/mol. The van der Waals surface area contributed by atoms with Crippen LogP contribution in [0.3, 0.4) is 0 Å². The summed E-state index contributed by atoms with van der Waals surface area (Å²) < 4.78 is 56.7. The van der Waals surface area contributed by atoms with Gasteiger partial charge in [0.1, 0.15) is 24.6 Å². The number of ether oxygens (including phenoxy) is 2. The van der Waals surface area contributed by atoms with Crippen molar-refractivity contribution in [1.82, 2.24) is 5.32 Å². The number of aromatic carboxylic acids is 1. The average molecular weight is 566 g/mol. The molecular formula is C28H27F4NO7. The number of carbonyl (C=O) groups is 2. The molecule has 2 atom stereocenters. The summed E-state index contributed by atoms with van der Waals surface area (Å²) in [6, 6.07) is 18.8. The van der Waals surface area contributed by atoms with E-state index in [0.717, 1.165) is 29.7 Å². The molecule has 0 aliphatic carbocycles. The van der Waals surface area contributed by atoms with Crippen LogP contribution in [0, 0.1) is 5.82 Å². The zero-order valence-corrected chi connectivity index (χ0v) is 21.0. The van der Waals surface area contributed by atoms with E-state index in [4.69, 9.17) is 19.4 Å². The number of alkyl halides is 3. The summed E-state index contributed by atoms with van der Waals surface area (Å²) in [6.07, 6.45) is -4.30. The number of aliphatic hydroxyl groups is 1. The number of carboxylic acids is 2. The molecule has 0 unspecified atom stereocenters. The lowest BCUT2D eigenvalue weighted by molar-refractivity contribution is -0.192. The van der Waals surface area contributed by atoms with Gasteiger partial charge < -0.3 is 30.1 Å². The van der Waals surface area contributed by atoms with E-state index in [1.54, 1.807) is 24.3 Å². The van der Waals surface area contributed by atoms with E-state index in [-0.39, 0.29) is 24.0 Å². The second-order valence-electron chi connectivity index (χ2n) is 8.81. The molecule has 3 aromatic rings. The highest BCUT2D eigenvalue weighted by Gasteiger charge is 2.38. The van der Waals surface area contributed by atoms with E-state index in [9.17, 15) is 32.6 Å². The minimum absolute atomic E-state index is 0.0110. The van der Waals surface area contributed by atoms with Crippen molar-refractivity contribution < 1.29 is 51.9 Å². The summed E-state index contributed by atoms with van der Waals surface area (Å²) in [5, 5.41) is 29.9. The van der Waals surface area contributed by atoms with Crippen LogP contribution in [0.15, 0.2) is 66.7 Å². The van der Waals surface area contributed by atoms with E-state index in [2.05, 4.69) is 5.32 Å². The Bertz CT molecular complexity index is 1320. The van der Waals surface area contributed by atoms with Crippen molar-refractivity contribution in [2.24, 2.45) is 0 Å². The number of aryl methyl sites for hydroxylation is 1.